The average molecular weight is 900 g/mol. The van der Waals surface area contributed by atoms with Gasteiger partial charge >= 0.3 is 11.9 Å². The molecule has 0 spiro atoms. The van der Waals surface area contributed by atoms with Gasteiger partial charge in [0.1, 0.15) is 36.0 Å². The molecular formula is C52H47N6O9+. The molecule has 0 bridgehead atoms. The van der Waals surface area contributed by atoms with Crippen molar-refractivity contribution >= 4 is 52.3 Å². The zero-order valence-electron chi connectivity index (χ0n) is 36.7. The summed E-state index contributed by atoms with van der Waals surface area (Å²) < 4.78 is 9.65. The van der Waals surface area contributed by atoms with Crippen LogP contribution in [-0.4, -0.2) is 77.7 Å². The van der Waals surface area contributed by atoms with Gasteiger partial charge in [-0.25, -0.2) is 14.2 Å². The van der Waals surface area contributed by atoms with Crippen molar-refractivity contribution in [3.05, 3.63) is 139 Å². The van der Waals surface area contributed by atoms with Crippen molar-refractivity contribution in [1.29, 1.82) is 0 Å². The van der Waals surface area contributed by atoms with Crippen molar-refractivity contribution < 1.29 is 43.8 Å². The van der Waals surface area contributed by atoms with Gasteiger partial charge in [-0.05, 0) is 122 Å². The molecule has 0 unspecified atom stereocenters. The maximum Gasteiger partial charge on any atom is 0.363 e. The molecule has 3 N–H and O–H groups in total. The second-order valence-electron chi connectivity index (χ2n) is 17.9. The third kappa shape index (κ3) is 7.57. The Hall–Kier alpha value is -7.68. The third-order valence-corrected chi connectivity index (χ3v) is 13.8. The van der Waals surface area contributed by atoms with Crippen LogP contribution in [0.25, 0.3) is 5.57 Å². The average Bonchev–Trinajstić information content (AvgIpc) is 3.65. The molecule has 0 aromatic heterocycles. The van der Waals surface area contributed by atoms with E-state index in [1.807, 2.05) is 0 Å². The maximum atomic E-state index is 13.7. The van der Waals surface area contributed by atoms with E-state index in [1.54, 1.807) is 24.3 Å². The Labute approximate surface area is 384 Å². The van der Waals surface area contributed by atoms with Gasteiger partial charge in [-0.1, -0.05) is 12.1 Å². The number of carbonyl (C=O) groups excluding carboxylic acids is 4. The van der Waals surface area contributed by atoms with E-state index in [0.717, 1.165) is 111 Å². The first-order valence-electron chi connectivity index (χ1n) is 23.1. The summed E-state index contributed by atoms with van der Waals surface area (Å²) in [7, 11) is 0. The number of carbonyl (C=O) groups is 5. The second-order valence-corrected chi connectivity index (χ2v) is 17.9. The number of hydrogen-bond acceptors (Lipinski definition) is 11. The molecule has 0 atom stereocenters. The molecule has 6 aliphatic heterocycles. The number of aromatic hydroxyl groups is 1. The highest BCUT2D eigenvalue weighted by Gasteiger charge is 2.37. The number of phenolic OH excluding ortho intramolecular Hbond substituents is 1. The summed E-state index contributed by atoms with van der Waals surface area (Å²) in [6, 6.07) is 20.2. The molecule has 6 heterocycles. The number of carboxylic acids is 1. The number of carboxylic acid groups (broad SMARTS) is 1. The third-order valence-electron chi connectivity index (χ3n) is 13.8. The molecule has 0 saturated carbocycles. The number of benzene rings is 5. The Bertz CT molecular complexity index is 3140. The number of hydrogen-bond donors (Lipinski definition) is 3. The van der Waals surface area contributed by atoms with Crippen LogP contribution in [-0.2, 0) is 46.5 Å². The van der Waals surface area contributed by atoms with Crippen LogP contribution in [0.15, 0.2) is 83.0 Å². The lowest BCUT2D eigenvalue weighted by Gasteiger charge is -2.39. The molecule has 3 amide bonds. The number of nitrogens with zero attached hydrogens (tertiary/aromatic N) is 5. The zero-order chi connectivity index (χ0) is 45.9. The number of aryl methyl sites for hydroxylation is 2. The molecule has 5 aromatic rings. The van der Waals surface area contributed by atoms with Gasteiger partial charge in [-0.2, -0.15) is 5.11 Å². The van der Waals surface area contributed by atoms with Gasteiger partial charge in [0.05, 0.1) is 22.4 Å². The molecule has 6 aliphatic rings. The molecule has 1 fully saturated rings. The van der Waals surface area contributed by atoms with Crippen molar-refractivity contribution in [3.63, 3.8) is 0 Å². The van der Waals surface area contributed by atoms with Crippen molar-refractivity contribution in [1.82, 2.24) is 15.0 Å². The van der Waals surface area contributed by atoms with Crippen LogP contribution in [0.1, 0.15) is 109 Å². The highest BCUT2D eigenvalue weighted by atomic mass is 16.7. The number of ether oxygens (including phenoxy) is 1. The number of anilines is 1. The summed E-state index contributed by atoms with van der Waals surface area (Å²) >= 11 is 0. The SMILES string of the molecule is O=C(NCCc1ccc(N=Nc2ccc(C(=O)ON3C(=O)CCC3=O)cc2)c(O)c1)c1ccc(C2=c3cc4c5c(c3Oc3c2cc2c6c3CCCN6CCC2)CCC[N+]=5CCC4)c(C(=O)O)c1. The number of phenols is 1. The molecule has 1 saturated heterocycles. The van der Waals surface area contributed by atoms with E-state index in [4.69, 9.17) is 9.57 Å². The number of nitrogens with one attached hydrogen (secondary N) is 1. The fourth-order valence-corrected chi connectivity index (χ4v) is 10.7. The maximum absolute atomic E-state index is 13.7. The van der Waals surface area contributed by atoms with Crippen LogP contribution in [0.2, 0.25) is 0 Å². The topological polar surface area (TPSA) is 191 Å². The van der Waals surface area contributed by atoms with Crippen molar-refractivity contribution in [2.75, 3.05) is 37.6 Å². The number of fused-ring (bicyclic) bond motifs is 4. The van der Waals surface area contributed by atoms with E-state index < -0.39 is 29.7 Å². The molecule has 5 aromatic carbocycles. The summed E-state index contributed by atoms with van der Waals surface area (Å²) in [5.74, 6) is -2.01. The van der Waals surface area contributed by atoms with Gasteiger partial charge in [0.25, 0.3) is 17.7 Å². The molecular weight excluding hydrogens is 853 g/mol. The van der Waals surface area contributed by atoms with Crippen molar-refractivity contribution in [2.45, 2.75) is 70.6 Å². The number of hydroxylamine groups is 2. The van der Waals surface area contributed by atoms with Gasteiger partial charge in [0, 0.05) is 84.1 Å². The summed E-state index contributed by atoms with van der Waals surface area (Å²) in [6.07, 6.45) is 8.22. The molecule has 338 valence electrons. The van der Waals surface area contributed by atoms with Crippen LogP contribution in [0.5, 0.6) is 17.2 Å². The van der Waals surface area contributed by atoms with Crippen molar-refractivity contribution in [3.8, 4) is 17.2 Å². The number of rotatable bonds is 10. The fraction of sp³-hybridized carbons (Fsp3) is 0.308. The standard InChI is InChI=1S/C52H46N6O9/c59-42-25-29(9-16-41(42)55-54-34-13-10-30(11-14-34)52(65)67-58-43(60)17-18-44(58)61)19-20-53-50(62)33-12-15-35(38(28-33)51(63)64)45-39-26-31-5-1-21-56-23-3-7-36(46(31)56)48(39)66-49-37-8-4-24-57-22-2-6-32(47(37)57)27-40(45)49/h9-16,25-28H,1-8,17-24H2,(H2-,53,54,59,62,63,64,65)/p+1. The minimum absolute atomic E-state index is 0.00649. The normalized spacial score (nSPS) is 16.8. The Morgan fingerprint density at radius 1 is 0.746 bits per heavy atom. The summed E-state index contributed by atoms with van der Waals surface area (Å²) in [6.45, 7) is 4.30. The van der Waals surface area contributed by atoms with Crippen LogP contribution in [0.3, 0.4) is 0 Å². The monoisotopic (exact) mass is 899 g/mol. The predicted octanol–water partition coefficient (Wildman–Crippen LogP) is 6.13. The summed E-state index contributed by atoms with van der Waals surface area (Å²) in [5.41, 5.74) is 10.2. The lowest BCUT2D eigenvalue weighted by Crippen LogP contribution is -2.45. The molecule has 67 heavy (non-hydrogen) atoms. The first kappa shape index (κ1) is 42.0. The minimum atomic E-state index is -1.12. The van der Waals surface area contributed by atoms with E-state index in [9.17, 15) is 34.2 Å². The van der Waals surface area contributed by atoms with Gasteiger partial charge in [-0.15, -0.1) is 10.2 Å². The Morgan fingerprint density at radius 2 is 1.48 bits per heavy atom. The zero-order valence-corrected chi connectivity index (χ0v) is 36.7. The Morgan fingerprint density at radius 3 is 2.25 bits per heavy atom. The van der Waals surface area contributed by atoms with Crippen LogP contribution < -0.4 is 30.1 Å². The van der Waals surface area contributed by atoms with E-state index in [2.05, 4.69) is 37.2 Å². The molecule has 15 heteroatoms. The predicted molar refractivity (Wildman–Crippen MR) is 245 cm³/mol. The number of azo groups is 1. The van der Waals surface area contributed by atoms with E-state index in [-0.39, 0.29) is 47.5 Å². The van der Waals surface area contributed by atoms with Crippen LogP contribution in [0, 0.1) is 0 Å². The first-order chi connectivity index (χ1) is 32.6. The number of aromatic carboxylic acids is 1. The van der Waals surface area contributed by atoms with Gasteiger partial charge < -0.3 is 30.0 Å². The lowest BCUT2D eigenvalue weighted by molar-refractivity contribution is -0.172. The molecule has 11 rings (SSSR count). The molecule has 0 radical (unpaired) electrons. The van der Waals surface area contributed by atoms with Crippen molar-refractivity contribution in [2.24, 2.45) is 10.2 Å². The van der Waals surface area contributed by atoms with E-state index in [0.29, 0.717) is 22.7 Å². The van der Waals surface area contributed by atoms with Gasteiger partial charge in [-0.3, -0.25) is 14.4 Å². The fourth-order valence-electron chi connectivity index (χ4n) is 10.7. The van der Waals surface area contributed by atoms with Gasteiger partial charge in [0.2, 0.25) is 5.36 Å². The molecule has 0 aliphatic carbocycles. The highest BCUT2D eigenvalue weighted by Crippen LogP contribution is 2.49. The number of amides is 3. The smallest absolute Gasteiger partial charge is 0.363 e. The lowest BCUT2D eigenvalue weighted by atomic mass is 9.81. The largest absolute Gasteiger partial charge is 0.506 e. The first-order valence-corrected chi connectivity index (χ1v) is 23.1. The Balaban J connectivity index is 0.832. The van der Waals surface area contributed by atoms with E-state index >= 15 is 0 Å². The quantitative estimate of drug-likeness (QED) is 0.0819. The van der Waals surface area contributed by atoms with Crippen LogP contribution >= 0.6 is 0 Å². The molecule has 15 nitrogen and oxygen atoms in total. The Kier molecular flexibility index (Phi) is 10.6. The van der Waals surface area contributed by atoms with Gasteiger partial charge in [0.15, 0.2) is 0 Å². The number of imide groups is 1. The van der Waals surface area contributed by atoms with Crippen LogP contribution in [0.4, 0.5) is 17.1 Å². The highest BCUT2D eigenvalue weighted by molar-refractivity contribution is 6.04. The summed E-state index contributed by atoms with van der Waals surface area (Å²) in [5, 5.41) is 35.5. The minimum Gasteiger partial charge on any atom is -0.506 e. The summed E-state index contributed by atoms with van der Waals surface area (Å²) in [4.78, 5) is 70.4. The van der Waals surface area contributed by atoms with E-state index in [1.165, 1.54) is 69.7 Å². The second kappa shape index (κ2) is 17.0.